The third kappa shape index (κ3) is 4.61. The van der Waals surface area contributed by atoms with Gasteiger partial charge in [-0.2, -0.15) is 0 Å². The second kappa shape index (κ2) is 8.98. The van der Waals surface area contributed by atoms with Gasteiger partial charge in [-0.3, -0.25) is 0 Å². The minimum Gasteiger partial charge on any atom is -0.411 e. The molecule has 0 unspecified atom stereocenters. The van der Waals surface area contributed by atoms with Crippen LogP contribution in [0.1, 0.15) is 5.56 Å². The van der Waals surface area contributed by atoms with E-state index in [0.29, 0.717) is 16.5 Å². The van der Waals surface area contributed by atoms with Crippen molar-refractivity contribution in [3.05, 3.63) is 77.3 Å². The van der Waals surface area contributed by atoms with E-state index in [1.54, 1.807) is 24.3 Å². The number of nitrogens with two attached hydrogens (primary N) is 1. The van der Waals surface area contributed by atoms with Crippen LogP contribution in [-0.4, -0.2) is 27.8 Å². The lowest BCUT2D eigenvalue weighted by Crippen LogP contribution is -2.16. The largest absolute Gasteiger partial charge is 0.411 e. The van der Waals surface area contributed by atoms with Crippen molar-refractivity contribution in [2.45, 2.75) is 5.22 Å². The third-order valence-electron chi connectivity index (χ3n) is 4.12. The number of carbonyl (C=O) groups is 1. The van der Waals surface area contributed by atoms with Crippen LogP contribution in [-0.2, 0) is 9.63 Å². The van der Waals surface area contributed by atoms with Crippen molar-refractivity contribution < 1.29 is 14.0 Å². The number of hydrogen-bond acceptors (Lipinski definition) is 7. The van der Waals surface area contributed by atoms with Crippen LogP contribution in [0.25, 0.3) is 22.2 Å². The number of carbonyl (C=O) groups excluding carboxylic acids is 1. The zero-order valence-electron chi connectivity index (χ0n) is 15.5. The molecule has 0 saturated heterocycles. The van der Waals surface area contributed by atoms with E-state index < -0.39 is 5.97 Å². The van der Waals surface area contributed by atoms with Gasteiger partial charge in [0, 0.05) is 16.1 Å². The summed E-state index contributed by atoms with van der Waals surface area (Å²) in [5.74, 6) is -0.197. The standard InChI is InChI=1S/C21H15ClN4O3S/c22-15-10-8-14(9-11-15)20-24-25-21(28-20)30-12-18(27)29-26-19(23)17-7-3-5-13-4-1-2-6-16(13)17/h1-11H,12H2,(H2,23,26). The number of fused-ring (bicyclic) bond motifs is 1. The Morgan fingerprint density at radius 1 is 1.07 bits per heavy atom. The molecule has 0 aliphatic rings. The second-order valence-electron chi connectivity index (χ2n) is 6.14. The summed E-state index contributed by atoms with van der Waals surface area (Å²) < 4.78 is 5.53. The van der Waals surface area contributed by atoms with E-state index in [0.717, 1.165) is 28.1 Å². The Hall–Kier alpha value is -3.36. The van der Waals surface area contributed by atoms with Gasteiger partial charge < -0.3 is 15.0 Å². The Morgan fingerprint density at radius 2 is 1.83 bits per heavy atom. The molecular formula is C21H15ClN4O3S. The summed E-state index contributed by atoms with van der Waals surface area (Å²) in [7, 11) is 0. The Kier molecular flexibility index (Phi) is 5.97. The predicted molar refractivity (Wildman–Crippen MR) is 116 cm³/mol. The van der Waals surface area contributed by atoms with Gasteiger partial charge in [-0.05, 0) is 35.0 Å². The molecule has 0 aliphatic heterocycles. The smallest absolute Gasteiger partial charge is 0.345 e. The first kappa shape index (κ1) is 19.9. The molecule has 0 bridgehead atoms. The summed E-state index contributed by atoms with van der Waals surface area (Å²) in [4.78, 5) is 17.0. The fraction of sp³-hybridized carbons (Fsp3) is 0.0476. The SMILES string of the molecule is NC(=NOC(=O)CSc1nnc(-c2ccc(Cl)cc2)o1)c1cccc2ccccc12. The van der Waals surface area contributed by atoms with E-state index in [1.165, 1.54) is 0 Å². The quantitative estimate of drug-likeness (QED) is 0.155. The summed E-state index contributed by atoms with van der Waals surface area (Å²) in [5, 5.41) is 14.4. The third-order valence-corrected chi connectivity index (χ3v) is 5.17. The number of halogens is 1. The molecule has 9 heteroatoms. The molecule has 4 rings (SSSR count). The second-order valence-corrected chi connectivity index (χ2v) is 7.50. The first-order valence-corrected chi connectivity index (χ1v) is 10.2. The Bertz CT molecular complexity index is 1220. The van der Waals surface area contributed by atoms with E-state index >= 15 is 0 Å². The maximum absolute atomic E-state index is 12.0. The molecule has 30 heavy (non-hydrogen) atoms. The molecule has 0 aliphatic carbocycles. The highest BCUT2D eigenvalue weighted by Crippen LogP contribution is 2.24. The van der Waals surface area contributed by atoms with Gasteiger partial charge in [-0.25, -0.2) is 4.79 Å². The molecule has 1 aromatic heterocycles. The molecule has 2 N–H and O–H groups in total. The zero-order chi connectivity index (χ0) is 20.9. The maximum Gasteiger partial charge on any atom is 0.345 e. The van der Waals surface area contributed by atoms with Gasteiger partial charge in [0.05, 0.1) is 0 Å². The zero-order valence-corrected chi connectivity index (χ0v) is 17.1. The highest BCUT2D eigenvalue weighted by molar-refractivity contribution is 7.99. The van der Waals surface area contributed by atoms with Crippen molar-refractivity contribution in [1.82, 2.24) is 10.2 Å². The first-order valence-electron chi connectivity index (χ1n) is 8.84. The highest BCUT2D eigenvalue weighted by Gasteiger charge is 2.13. The van der Waals surface area contributed by atoms with Gasteiger partial charge in [0.15, 0.2) is 5.84 Å². The molecule has 0 spiro atoms. The van der Waals surface area contributed by atoms with Crippen LogP contribution in [0.15, 0.2) is 81.5 Å². The van der Waals surface area contributed by atoms with Crippen LogP contribution in [0, 0.1) is 0 Å². The molecule has 0 fully saturated rings. The van der Waals surface area contributed by atoms with E-state index in [4.69, 9.17) is 26.6 Å². The van der Waals surface area contributed by atoms with Crippen molar-refractivity contribution >= 4 is 45.9 Å². The lowest BCUT2D eigenvalue weighted by Gasteiger charge is -2.05. The Morgan fingerprint density at radius 3 is 2.67 bits per heavy atom. The van der Waals surface area contributed by atoms with Gasteiger partial charge in [0.1, 0.15) is 5.75 Å². The number of benzene rings is 3. The van der Waals surface area contributed by atoms with E-state index in [2.05, 4.69) is 15.4 Å². The topological polar surface area (TPSA) is 104 Å². The average Bonchev–Trinajstić information content (AvgIpc) is 3.25. The molecule has 1 heterocycles. The Labute approximate surface area is 180 Å². The minimum absolute atomic E-state index is 0.0609. The van der Waals surface area contributed by atoms with Crippen LogP contribution in [0.4, 0.5) is 0 Å². The summed E-state index contributed by atoms with van der Waals surface area (Å²) in [6.45, 7) is 0. The molecule has 4 aromatic rings. The van der Waals surface area contributed by atoms with Gasteiger partial charge in [0.2, 0.25) is 5.89 Å². The molecule has 0 amide bonds. The van der Waals surface area contributed by atoms with E-state index in [1.807, 2.05) is 42.5 Å². The molecule has 150 valence electrons. The predicted octanol–water partition coefficient (Wildman–Crippen LogP) is 4.50. The number of oxime groups is 1. The lowest BCUT2D eigenvalue weighted by molar-refractivity contribution is -0.140. The molecule has 0 atom stereocenters. The van der Waals surface area contributed by atoms with E-state index in [-0.39, 0.29) is 16.8 Å². The number of aromatic nitrogens is 2. The van der Waals surface area contributed by atoms with Crippen LogP contribution in [0.3, 0.4) is 0 Å². The van der Waals surface area contributed by atoms with Crippen LogP contribution >= 0.6 is 23.4 Å². The molecule has 3 aromatic carbocycles. The lowest BCUT2D eigenvalue weighted by atomic mass is 10.0. The van der Waals surface area contributed by atoms with E-state index in [9.17, 15) is 4.79 Å². The molecule has 0 radical (unpaired) electrons. The number of nitrogens with zero attached hydrogens (tertiary/aromatic N) is 3. The van der Waals surface area contributed by atoms with Crippen molar-refractivity contribution in [2.75, 3.05) is 5.75 Å². The van der Waals surface area contributed by atoms with Gasteiger partial charge in [-0.15, -0.1) is 10.2 Å². The van der Waals surface area contributed by atoms with Crippen LogP contribution < -0.4 is 5.73 Å². The van der Waals surface area contributed by atoms with Crippen LogP contribution in [0.5, 0.6) is 0 Å². The normalized spacial score (nSPS) is 11.6. The fourth-order valence-corrected chi connectivity index (χ4v) is 3.38. The monoisotopic (exact) mass is 438 g/mol. The summed E-state index contributed by atoms with van der Waals surface area (Å²) in [6, 6.07) is 20.4. The number of amidine groups is 1. The molecule has 0 saturated carbocycles. The van der Waals surface area contributed by atoms with Crippen LogP contribution in [0.2, 0.25) is 5.02 Å². The van der Waals surface area contributed by atoms with Crippen molar-refractivity contribution in [3.63, 3.8) is 0 Å². The van der Waals surface area contributed by atoms with Gasteiger partial charge in [-0.1, -0.05) is 71.0 Å². The highest BCUT2D eigenvalue weighted by atomic mass is 35.5. The summed E-state index contributed by atoms with van der Waals surface area (Å²) in [5.41, 5.74) is 7.43. The Balaban J connectivity index is 1.36. The van der Waals surface area contributed by atoms with Crippen molar-refractivity contribution in [3.8, 4) is 11.5 Å². The van der Waals surface area contributed by atoms with Crippen molar-refractivity contribution in [2.24, 2.45) is 10.9 Å². The summed E-state index contributed by atoms with van der Waals surface area (Å²) >= 11 is 6.91. The first-order chi connectivity index (χ1) is 14.6. The van der Waals surface area contributed by atoms with Gasteiger partial charge in [0.25, 0.3) is 5.22 Å². The molecular weight excluding hydrogens is 424 g/mol. The fourth-order valence-electron chi connectivity index (χ4n) is 2.72. The minimum atomic E-state index is -0.588. The van der Waals surface area contributed by atoms with Crippen molar-refractivity contribution in [1.29, 1.82) is 0 Å². The average molecular weight is 439 g/mol. The maximum atomic E-state index is 12.0. The number of thioether (sulfide) groups is 1. The number of hydrogen-bond donors (Lipinski definition) is 1. The summed E-state index contributed by atoms with van der Waals surface area (Å²) in [6.07, 6.45) is 0. The molecule has 7 nitrogen and oxygen atoms in total. The number of rotatable bonds is 6. The van der Waals surface area contributed by atoms with Gasteiger partial charge >= 0.3 is 5.97 Å².